The summed E-state index contributed by atoms with van der Waals surface area (Å²) in [5.41, 5.74) is 2.34. The molecule has 1 fully saturated rings. The number of carbonyl (C=O) groups is 3. The molecule has 1 atom stereocenters. The number of imide groups is 2. The summed E-state index contributed by atoms with van der Waals surface area (Å²) in [6.07, 6.45) is 7.28. The maximum atomic E-state index is 12.6. The Balaban J connectivity index is 1.56. The lowest BCUT2D eigenvalue weighted by Crippen LogP contribution is -3.09. The number of allylic oxidation sites excluding steroid dienone is 1. The van der Waals surface area contributed by atoms with Crippen molar-refractivity contribution in [2.75, 3.05) is 27.4 Å². The van der Waals surface area contributed by atoms with Gasteiger partial charge in [-0.25, -0.2) is 9.69 Å². The fourth-order valence-electron chi connectivity index (χ4n) is 3.69. The zero-order valence-electron chi connectivity index (χ0n) is 16.6. The van der Waals surface area contributed by atoms with E-state index in [2.05, 4.69) is 6.08 Å². The average molecular weight is 386 g/mol. The van der Waals surface area contributed by atoms with Crippen molar-refractivity contribution in [3.05, 3.63) is 41.5 Å². The van der Waals surface area contributed by atoms with Crippen LogP contribution in [0.3, 0.4) is 0 Å². The van der Waals surface area contributed by atoms with Crippen molar-refractivity contribution in [2.45, 2.75) is 38.6 Å². The number of rotatable bonds is 8. The number of nitrogens with one attached hydrogen (secondary N) is 1. The van der Waals surface area contributed by atoms with E-state index in [0.29, 0.717) is 13.0 Å². The van der Waals surface area contributed by atoms with E-state index in [-0.39, 0.29) is 13.2 Å². The second-order valence-electron chi connectivity index (χ2n) is 7.47. The molecule has 7 heteroatoms. The molecule has 3 rings (SSSR count). The molecule has 1 unspecified atom stereocenters. The van der Waals surface area contributed by atoms with Gasteiger partial charge < -0.3 is 9.64 Å². The van der Waals surface area contributed by atoms with Gasteiger partial charge in [-0.2, -0.15) is 0 Å². The summed E-state index contributed by atoms with van der Waals surface area (Å²) in [4.78, 5) is 40.3. The van der Waals surface area contributed by atoms with Gasteiger partial charge in [0.2, 0.25) is 0 Å². The smallest absolute Gasteiger partial charge is 0.338 e. The maximum absolute atomic E-state index is 12.6. The van der Waals surface area contributed by atoms with Crippen LogP contribution in [0.1, 0.15) is 37.7 Å². The first-order valence-electron chi connectivity index (χ1n) is 9.79. The van der Waals surface area contributed by atoms with E-state index in [4.69, 9.17) is 4.74 Å². The maximum Gasteiger partial charge on any atom is 0.338 e. The molecule has 7 nitrogen and oxygen atoms in total. The molecule has 0 saturated carbocycles. The SMILES string of the molecule is COc1ccc(C[NH+](C)CN2C(=O)C(=O)N(CCC3=CCCCC3)C2=O)cc1. The van der Waals surface area contributed by atoms with Crippen molar-refractivity contribution >= 4 is 17.8 Å². The van der Waals surface area contributed by atoms with Gasteiger partial charge in [0.05, 0.1) is 14.2 Å². The van der Waals surface area contributed by atoms with Gasteiger partial charge in [0, 0.05) is 12.1 Å². The number of ether oxygens (including phenoxy) is 1. The van der Waals surface area contributed by atoms with Gasteiger partial charge in [-0.05, 0) is 56.4 Å². The van der Waals surface area contributed by atoms with Crippen molar-refractivity contribution < 1.29 is 24.0 Å². The first-order valence-corrected chi connectivity index (χ1v) is 9.79. The van der Waals surface area contributed by atoms with Crippen molar-refractivity contribution in [3.63, 3.8) is 0 Å². The van der Waals surface area contributed by atoms with Gasteiger partial charge in [0.1, 0.15) is 12.3 Å². The van der Waals surface area contributed by atoms with Crippen LogP contribution in [0.25, 0.3) is 0 Å². The van der Waals surface area contributed by atoms with Gasteiger partial charge in [-0.3, -0.25) is 14.5 Å². The first kappa shape index (κ1) is 20.1. The predicted molar refractivity (Wildman–Crippen MR) is 104 cm³/mol. The standard InChI is InChI=1S/C21H27N3O4/c1-22(14-17-8-10-18(28-2)11-9-17)15-24-20(26)19(25)23(21(24)27)13-12-16-6-4-3-5-7-16/h6,8-11H,3-5,7,12-15H2,1-2H3/p+1. The molecule has 1 N–H and O–H groups in total. The highest BCUT2D eigenvalue weighted by atomic mass is 16.5. The molecule has 4 amide bonds. The third-order valence-corrected chi connectivity index (χ3v) is 5.27. The van der Waals surface area contributed by atoms with Crippen LogP contribution in [0.4, 0.5) is 4.79 Å². The Morgan fingerprint density at radius 2 is 1.75 bits per heavy atom. The Morgan fingerprint density at radius 3 is 2.39 bits per heavy atom. The van der Waals surface area contributed by atoms with E-state index in [1.165, 1.54) is 12.0 Å². The number of methoxy groups -OCH3 is 1. The topological polar surface area (TPSA) is 71.4 Å². The summed E-state index contributed by atoms with van der Waals surface area (Å²) in [5.74, 6) is -0.656. The molecular weight excluding hydrogens is 358 g/mol. The van der Waals surface area contributed by atoms with E-state index in [1.807, 2.05) is 31.3 Å². The highest BCUT2D eigenvalue weighted by Gasteiger charge is 2.45. The number of amides is 4. The molecule has 0 radical (unpaired) electrons. The van der Waals surface area contributed by atoms with Gasteiger partial charge in [0.15, 0.2) is 6.67 Å². The minimum atomic E-state index is -0.725. The molecule has 1 aromatic carbocycles. The van der Waals surface area contributed by atoms with Crippen LogP contribution in [-0.4, -0.2) is 55.0 Å². The van der Waals surface area contributed by atoms with Crippen molar-refractivity contribution in [3.8, 4) is 5.75 Å². The molecule has 1 aliphatic carbocycles. The fraction of sp³-hybridized carbons (Fsp3) is 0.476. The van der Waals surface area contributed by atoms with E-state index in [9.17, 15) is 14.4 Å². The second-order valence-corrected chi connectivity index (χ2v) is 7.47. The number of carbonyl (C=O) groups excluding carboxylic acids is 3. The molecular formula is C21H28N3O4+. The first-order chi connectivity index (χ1) is 13.5. The highest BCUT2D eigenvalue weighted by molar-refractivity contribution is 6.44. The van der Waals surface area contributed by atoms with Crippen LogP contribution < -0.4 is 9.64 Å². The largest absolute Gasteiger partial charge is 0.497 e. The zero-order chi connectivity index (χ0) is 20.1. The van der Waals surface area contributed by atoms with Gasteiger partial charge in [0.25, 0.3) is 0 Å². The minimum Gasteiger partial charge on any atom is -0.497 e. The molecule has 0 spiro atoms. The lowest BCUT2D eigenvalue weighted by molar-refractivity contribution is -0.901. The van der Waals surface area contributed by atoms with E-state index in [1.54, 1.807) is 7.11 Å². The third-order valence-electron chi connectivity index (χ3n) is 5.27. The Bertz CT molecular complexity index is 772. The van der Waals surface area contributed by atoms with Gasteiger partial charge >= 0.3 is 17.8 Å². The lowest BCUT2D eigenvalue weighted by atomic mass is 9.97. The quantitative estimate of drug-likeness (QED) is 0.416. The summed E-state index contributed by atoms with van der Waals surface area (Å²) in [7, 11) is 3.51. The van der Waals surface area contributed by atoms with Crippen LogP contribution >= 0.6 is 0 Å². The fourth-order valence-corrected chi connectivity index (χ4v) is 3.69. The average Bonchev–Trinajstić information content (AvgIpc) is 2.91. The molecule has 0 aromatic heterocycles. The number of quaternary nitrogens is 1. The number of hydrogen-bond acceptors (Lipinski definition) is 4. The van der Waals surface area contributed by atoms with Crippen LogP contribution in [0, 0.1) is 0 Å². The second kappa shape index (κ2) is 9.01. The number of benzene rings is 1. The molecule has 150 valence electrons. The van der Waals surface area contributed by atoms with Crippen molar-refractivity contribution in [2.24, 2.45) is 0 Å². The third kappa shape index (κ3) is 4.59. The highest BCUT2D eigenvalue weighted by Crippen LogP contribution is 2.21. The summed E-state index contributed by atoms with van der Waals surface area (Å²) in [6.45, 7) is 1.07. The van der Waals surface area contributed by atoms with Crippen LogP contribution in [0.5, 0.6) is 5.75 Å². The minimum absolute atomic E-state index is 0.161. The number of urea groups is 1. The predicted octanol–water partition coefficient (Wildman–Crippen LogP) is 1.35. The zero-order valence-corrected chi connectivity index (χ0v) is 16.6. The van der Waals surface area contributed by atoms with E-state index in [0.717, 1.165) is 45.3 Å². The van der Waals surface area contributed by atoms with E-state index >= 15 is 0 Å². The molecule has 2 aliphatic rings. The molecule has 1 aromatic rings. The molecule has 1 heterocycles. The van der Waals surface area contributed by atoms with Gasteiger partial charge in [-0.1, -0.05) is 11.6 Å². The van der Waals surface area contributed by atoms with Crippen LogP contribution in [0.2, 0.25) is 0 Å². The summed E-state index contributed by atoms with van der Waals surface area (Å²) in [5, 5.41) is 0. The summed E-state index contributed by atoms with van der Waals surface area (Å²) in [6, 6.07) is 7.15. The molecule has 1 saturated heterocycles. The number of hydrogen-bond donors (Lipinski definition) is 1. The van der Waals surface area contributed by atoms with E-state index < -0.39 is 17.8 Å². The lowest BCUT2D eigenvalue weighted by Gasteiger charge is -2.20. The number of nitrogens with zero attached hydrogens (tertiary/aromatic N) is 2. The Kier molecular flexibility index (Phi) is 6.46. The Labute approximate surface area is 165 Å². The Morgan fingerprint density at radius 1 is 1.04 bits per heavy atom. The Hall–Kier alpha value is -2.67. The van der Waals surface area contributed by atoms with Crippen molar-refractivity contribution in [1.82, 2.24) is 9.80 Å². The van der Waals surface area contributed by atoms with Gasteiger partial charge in [-0.15, -0.1) is 0 Å². The molecule has 1 aliphatic heterocycles. The van der Waals surface area contributed by atoms with Crippen LogP contribution in [0.15, 0.2) is 35.9 Å². The summed E-state index contributed by atoms with van der Waals surface area (Å²) < 4.78 is 5.15. The van der Waals surface area contributed by atoms with Crippen LogP contribution in [-0.2, 0) is 16.1 Å². The normalized spacial score (nSPS) is 18.5. The summed E-state index contributed by atoms with van der Waals surface area (Å²) >= 11 is 0. The van der Waals surface area contributed by atoms with Crippen molar-refractivity contribution in [1.29, 1.82) is 0 Å². The molecule has 28 heavy (non-hydrogen) atoms. The molecule has 0 bridgehead atoms. The monoisotopic (exact) mass is 386 g/mol.